The maximum atomic E-state index is 6.30. The third-order valence-electron chi connectivity index (χ3n) is 4.29. The van der Waals surface area contributed by atoms with Crippen molar-refractivity contribution in [3.63, 3.8) is 0 Å². The van der Waals surface area contributed by atoms with E-state index in [1.165, 1.54) is 0 Å². The minimum atomic E-state index is 0.448. The minimum absolute atomic E-state index is 0.448. The average molecular weight is 419 g/mol. The third kappa shape index (κ3) is 3.46. The molecule has 0 saturated heterocycles. The fraction of sp³-hybridized carbons (Fsp3) is 0.105. The Labute approximate surface area is 170 Å². The number of H-pyrrole nitrogens is 1. The lowest BCUT2D eigenvalue weighted by Crippen LogP contribution is -2.15. The fourth-order valence-electron chi connectivity index (χ4n) is 2.80. The molecule has 0 aliphatic carbocycles. The highest BCUT2D eigenvalue weighted by molar-refractivity contribution is 6.36. The number of hydrogen-bond acceptors (Lipinski definition) is 3. The van der Waals surface area contributed by atoms with Crippen LogP contribution in [0.25, 0.3) is 11.2 Å². The van der Waals surface area contributed by atoms with E-state index in [1.807, 2.05) is 47.9 Å². The number of hydrogen-bond donors (Lipinski definition) is 1. The Bertz CT molecular complexity index is 1190. The number of halogens is 3. The summed E-state index contributed by atoms with van der Waals surface area (Å²) in [5, 5.41) is 1.86. The lowest BCUT2D eigenvalue weighted by molar-refractivity contribution is 0.786. The molecule has 0 fully saturated rings. The van der Waals surface area contributed by atoms with Gasteiger partial charge in [-0.2, -0.15) is 0 Å². The first kappa shape index (κ1) is 18.0. The molecule has 0 aliphatic rings. The van der Waals surface area contributed by atoms with Gasteiger partial charge in [0.2, 0.25) is 0 Å². The highest BCUT2D eigenvalue weighted by atomic mass is 35.5. The molecule has 136 valence electrons. The van der Waals surface area contributed by atoms with E-state index in [-0.39, 0.29) is 0 Å². The number of rotatable bonds is 3. The Morgan fingerprint density at radius 1 is 1.00 bits per heavy atom. The predicted molar refractivity (Wildman–Crippen MR) is 109 cm³/mol. The molecule has 5 nitrogen and oxygen atoms in total. The SMILES string of the molecule is Cc1c(Cl)cccc1N=c1ncn(Cc2c(Cl)cccc2Cl)c2nc[nH]c12. The van der Waals surface area contributed by atoms with Crippen molar-refractivity contribution in [2.45, 2.75) is 13.5 Å². The first-order valence-corrected chi connectivity index (χ1v) is 9.29. The van der Waals surface area contributed by atoms with Gasteiger partial charge in [0.1, 0.15) is 5.52 Å². The zero-order chi connectivity index (χ0) is 19.0. The number of benzene rings is 2. The van der Waals surface area contributed by atoms with Gasteiger partial charge < -0.3 is 9.55 Å². The van der Waals surface area contributed by atoms with Gasteiger partial charge in [-0.3, -0.25) is 0 Å². The molecule has 0 spiro atoms. The van der Waals surface area contributed by atoms with Gasteiger partial charge in [0, 0.05) is 20.6 Å². The molecule has 0 saturated carbocycles. The van der Waals surface area contributed by atoms with Crippen LogP contribution in [0.15, 0.2) is 54.0 Å². The number of fused-ring (bicyclic) bond motifs is 1. The average Bonchev–Trinajstić information content (AvgIpc) is 3.14. The van der Waals surface area contributed by atoms with Crippen molar-refractivity contribution in [1.29, 1.82) is 0 Å². The van der Waals surface area contributed by atoms with Gasteiger partial charge >= 0.3 is 0 Å². The Balaban J connectivity index is 1.84. The summed E-state index contributed by atoms with van der Waals surface area (Å²) in [5.41, 5.74) is 4.44. The molecule has 8 heteroatoms. The van der Waals surface area contributed by atoms with E-state index < -0.39 is 0 Å². The van der Waals surface area contributed by atoms with Crippen LogP contribution < -0.4 is 5.49 Å². The zero-order valence-corrected chi connectivity index (χ0v) is 16.5. The Hall–Kier alpha value is -2.34. The molecule has 0 bridgehead atoms. The molecule has 0 aliphatic heterocycles. The van der Waals surface area contributed by atoms with E-state index in [2.05, 4.69) is 19.9 Å². The van der Waals surface area contributed by atoms with E-state index >= 15 is 0 Å². The highest BCUT2D eigenvalue weighted by Gasteiger charge is 2.11. The van der Waals surface area contributed by atoms with Gasteiger partial charge in [0.15, 0.2) is 11.1 Å². The highest BCUT2D eigenvalue weighted by Crippen LogP contribution is 2.26. The summed E-state index contributed by atoms with van der Waals surface area (Å²) >= 11 is 18.8. The smallest absolute Gasteiger partial charge is 0.181 e. The lowest BCUT2D eigenvalue weighted by atomic mass is 10.2. The summed E-state index contributed by atoms with van der Waals surface area (Å²) in [6, 6.07) is 11.0. The van der Waals surface area contributed by atoms with Gasteiger partial charge in [-0.1, -0.05) is 46.9 Å². The van der Waals surface area contributed by atoms with Crippen molar-refractivity contribution in [1.82, 2.24) is 19.5 Å². The van der Waals surface area contributed by atoms with Crippen molar-refractivity contribution < 1.29 is 0 Å². The zero-order valence-electron chi connectivity index (χ0n) is 14.2. The van der Waals surface area contributed by atoms with Crippen LogP contribution in [0.5, 0.6) is 0 Å². The second kappa shape index (κ2) is 7.35. The Kier molecular flexibility index (Phi) is 4.91. The standard InChI is InChI=1S/C19H14Cl3N5/c1-11-13(20)4-3-7-16(11)26-18-17-19(24-9-23-17)27(10-25-18)8-12-14(21)5-2-6-15(12)22/h2-7,9-10H,8H2,1H3,(H,23,24). The number of aromatic nitrogens is 4. The summed E-state index contributed by atoms with van der Waals surface area (Å²) < 4.78 is 1.88. The second-order valence-electron chi connectivity index (χ2n) is 5.99. The fourth-order valence-corrected chi connectivity index (χ4v) is 3.49. The first-order chi connectivity index (χ1) is 13.0. The molecular formula is C19H14Cl3N5. The largest absolute Gasteiger partial charge is 0.340 e. The van der Waals surface area contributed by atoms with Crippen LogP contribution in [0.1, 0.15) is 11.1 Å². The number of nitrogens with zero attached hydrogens (tertiary/aromatic N) is 4. The monoisotopic (exact) mass is 417 g/mol. The van der Waals surface area contributed by atoms with E-state index in [9.17, 15) is 0 Å². The Morgan fingerprint density at radius 3 is 2.48 bits per heavy atom. The third-order valence-corrected chi connectivity index (χ3v) is 5.41. The van der Waals surface area contributed by atoms with Crippen molar-refractivity contribution in [3.05, 3.63) is 80.7 Å². The summed E-state index contributed by atoms with van der Waals surface area (Å²) in [4.78, 5) is 16.7. The number of nitrogens with one attached hydrogen (secondary N) is 1. The van der Waals surface area contributed by atoms with E-state index in [4.69, 9.17) is 34.8 Å². The van der Waals surface area contributed by atoms with Crippen LogP contribution in [0.2, 0.25) is 15.1 Å². The molecular weight excluding hydrogens is 405 g/mol. The topological polar surface area (TPSA) is 58.9 Å². The van der Waals surface area contributed by atoms with Crippen molar-refractivity contribution in [2.75, 3.05) is 0 Å². The van der Waals surface area contributed by atoms with Crippen LogP contribution in [0.4, 0.5) is 5.69 Å². The summed E-state index contributed by atoms with van der Waals surface area (Å²) in [5.74, 6) is 0. The quantitative estimate of drug-likeness (QED) is 0.490. The van der Waals surface area contributed by atoms with Gasteiger partial charge in [-0.15, -0.1) is 0 Å². The molecule has 2 heterocycles. The van der Waals surface area contributed by atoms with Crippen molar-refractivity contribution in [2.24, 2.45) is 4.99 Å². The second-order valence-corrected chi connectivity index (χ2v) is 7.21. The van der Waals surface area contributed by atoms with Crippen molar-refractivity contribution in [3.8, 4) is 0 Å². The number of aromatic amines is 1. The molecule has 27 heavy (non-hydrogen) atoms. The van der Waals surface area contributed by atoms with Crippen LogP contribution in [-0.4, -0.2) is 19.5 Å². The van der Waals surface area contributed by atoms with Gasteiger partial charge in [-0.25, -0.2) is 15.0 Å². The van der Waals surface area contributed by atoms with Crippen LogP contribution in [0.3, 0.4) is 0 Å². The molecule has 1 N–H and O–H groups in total. The van der Waals surface area contributed by atoms with Gasteiger partial charge in [0.05, 0.1) is 24.9 Å². The van der Waals surface area contributed by atoms with Crippen LogP contribution in [-0.2, 0) is 6.54 Å². The van der Waals surface area contributed by atoms with Crippen molar-refractivity contribution >= 4 is 51.7 Å². The molecule has 2 aromatic carbocycles. The molecule has 0 radical (unpaired) electrons. The molecule has 4 rings (SSSR count). The molecule has 0 amide bonds. The van der Waals surface area contributed by atoms with Crippen LogP contribution in [0, 0.1) is 6.92 Å². The Morgan fingerprint density at radius 2 is 1.70 bits per heavy atom. The molecule has 0 atom stereocenters. The maximum absolute atomic E-state index is 6.30. The number of imidazole rings is 1. The summed E-state index contributed by atoms with van der Waals surface area (Å²) in [7, 11) is 0. The normalized spacial score (nSPS) is 12.1. The summed E-state index contributed by atoms with van der Waals surface area (Å²) in [6.45, 7) is 2.37. The summed E-state index contributed by atoms with van der Waals surface area (Å²) in [6.07, 6.45) is 3.29. The van der Waals surface area contributed by atoms with Gasteiger partial charge in [0.25, 0.3) is 0 Å². The lowest BCUT2D eigenvalue weighted by Gasteiger charge is -2.10. The van der Waals surface area contributed by atoms with E-state index in [0.29, 0.717) is 32.7 Å². The van der Waals surface area contributed by atoms with Crippen LogP contribution >= 0.6 is 34.8 Å². The molecule has 2 aromatic heterocycles. The minimum Gasteiger partial charge on any atom is -0.340 e. The molecule has 0 unspecified atom stereocenters. The van der Waals surface area contributed by atoms with E-state index in [0.717, 1.165) is 22.3 Å². The van der Waals surface area contributed by atoms with Gasteiger partial charge in [-0.05, 0) is 36.8 Å². The predicted octanol–water partition coefficient (Wildman–Crippen LogP) is 5.31. The maximum Gasteiger partial charge on any atom is 0.181 e. The first-order valence-electron chi connectivity index (χ1n) is 8.16. The molecule has 4 aromatic rings. The van der Waals surface area contributed by atoms with E-state index in [1.54, 1.807) is 12.7 Å².